The second-order valence-corrected chi connectivity index (χ2v) is 7.37. The Morgan fingerprint density at radius 3 is 2.57 bits per heavy atom. The molecule has 1 aromatic heterocycles. The highest BCUT2D eigenvalue weighted by Crippen LogP contribution is 2.19. The molecule has 146 valence electrons. The average molecular weight is 418 g/mol. The molecule has 0 saturated carbocycles. The van der Waals surface area contributed by atoms with Crippen molar-refractivity contribution in [2.24, 2.45) is 0 Å². The number of ether oxygens (including phenoxy) is 1. The van der Waals surface area contributed by atoms with E-state index in [1.165, 1.54) is 17.3 Å². The van der Waals surface area contributed by atoms with Crippen LogP contribution in [0, 0.1) is 0 Å². The minimum Gasteiger partial charge on any atom is -0.497 e. The van der Waals surface area contributed by atoms with Gasteiger partial charge in [0, 0.05) is 17.1 Å². The standard InChI is InChI=1S/C20H20ClN3O3S/c1-26-17-11-5-14(6-12-17)3-2-4-19-23-24-20(27-19)28-13-18(25)22-16-9-7-15(21)8-10-16/h5-12H,2-4,13H2,1H3,(H,22,25). The lowest BCUT2D eigenvalue weighted by atomic mass is 10.1. The van der Waals surface area contributed by atoms with Crippen molar-refractivity contribution in [2.75, 3.05) is 18.2 Å². The zero-order chi connectivity index (χ0) is 19.8. The van der Waals surface area contributed by atoms with Crippen molar-refractivity contribution >= 4 is 35.0 Å². The SMILES string of the molecule is COc1ccc(CCCc2nnc(SCC(=O)Nc3ccc(Cl)cc3)o2)cc1. The summed E-state index contributed by atoms with van der Waals surface area (Å²) in [6, 6.07) is 14.9. The fourth-order valence-electron chi connectivity index (χ4n) is 2.49. The number of thioether (sulfide) groups is 1. The third kappa shape index (κ3) is 6.28. The Hall–Kier alpha value is -2.51. The number of carbonyl (C=O) groups is 1. The zero-order valence-electron chi connectivity index (χ0n) is 15.4. The Balaban J connectivity index is 1.39. The Kier molecular flexibility index (Phi) is 7.33. The summed E-state index contributed by atoms with van der Waals surface area (Å²) in [5.74, 6) is 1.47. The van der Waals surface area contributed by atoms with Gasteiger partial charge in [0.25, 0.3) is 5.22 Å². The summed E-state index contributed by atoms with van der Waals surface area (Å²) in [4.78, 5) is 12.0. The van der Waals surface area contributed by atoms with Gasteiger partial charge < -0.3 is 14.5 Å². The van der Waals surface area contributed by atoms with E-state index in [2.05, 4.69) is 15.5 Å². The number of hydrogen-bond acceptors (Lipinski definition) is 6. The molecule has 28 heavy (non-hydrogen) atoms. The molecule has 3 rings (SSSR count). The van der Waals surface area contributed by atoms with E-state index in [0.29, 0.717) is 28.2 Å². The molecule has 0 unspecified atom stereocenters. The topological polar surface area (TPSA) is 77.2 Å². The Bertz CT molecular complexity index is 898. The van der Waals surface area contributed by atoms with Crippen molar-refractivity contribution in [1.29, 1.82) is 0 Å². The fourth-order valence-corrected chi connectivity index (χ4v) is 3.20. The van der Waals surface area contributed by atoms with E-state index in [1.54, 1.807) is 31.4 Å². The molecule has 3 aromatic rings. The quantitative estimate of drug-likeness (QED) is 0.511. The van der Waals surface area contributed by atoms with Crippen molar-refractivity contribution in [3.05, 3.63) is 65.0 Å². The Morgan fingerprint density at radius 2 is 1.86 bits per heavy atom. The lowest BCUT2D eigenvalue weighted by Crippen LogP contribution is -2.13. The van der Waals surface area contributed by atoms with Crippen molar-refractivity contribution in [2.45, 2.75) is 24.5 Å². The fraction of sp³-hybridized carbons (Fsp3) is 0.250. The third-order valence-corrected chi connectivity index (χ3v) is 4.99. The number of halogens is 1. The molecule has 0 aliphatic rings. The number of aromatic nitrogens is 2. The van der Waals surface area contributed by atoms with Gasteiger partial charge in [0.2, 0.25) is 11.8 Å². The first-order chi connectivity index (χ1) is 13.6. The molecule has 1 N–H and O–H groups in total. The van der Waals surface area contributed by atoms with Crippen LogP contribution in [0.1, 0.15) is 17.9 Å². The highest BCUT2D eigenvalue weighted by molar-refractivity contribution is 7.99. The molecule has 0 fully saturated rings. The van der Waals surface area contributed by atoms with Crippen LogP contribution < -0.4 is 10.1 Å². The third-order valence-electron chi connectivity index (χ3n) is 3.92. The van der Waals surface area contributed by atoms with Crippen molar-refractivity contribution in [1.82, 2.24) is 10.2 Å². The molecule has 0 spiro atoms. The minimum absolute atomic E-state index is 0.147. The number of carbonyl (C=O) groups excluding carboxylic acids is 1. The van der Waals surface area contributed by atoms with Gasteiger partial charge in [-0.2, -0.15) is 0 Å². The highest BCUT2D eigenvalue weighted by Gasteiger charge is 2.10. The predicted molar refractivity (Wildman–Crippen MR) is 110 cm³/mol. The second-order valence-electron chi connectivity index (χ2n) is 6.01. The van der Waals surface area contributed by atoms with E-state index < -0.39 is 0 Å². The summed E-state index contributed by atoms with van der Waals surface area (Å²) in [6.45, 7) is 0. The number of anilines is 1. The maximum Gasteiger partial charge on any atom is 0.277 e. The van der Waals surface area contributed by atoms with Gasteiger partial charge in [-0.25, -0.2) is 0 Å². The van der Waals surface area contributed by atoms with Crippen LogP contribution in [0.3, 0.4) is 0 Å². The molecule has 1 amide bonds. The van der Waals surface area contributed by atoms with Crippen LogP contribution in [-0.4, -0.2) is 29.0 Å². The maximum absolute atomic E-state index is 12.0. The molecule has 8 heteroatoms. The number of nitrogens with one attached hydrogen (secondary N) is 1. The van der Waals surface area contributed by atoms with Crippen LogP contribution in [0.25, 0.3) is 0 Å². The monoisotopic (exact) mass is 417 g/mol. The number of methoxy groups -OCH3 is 1. The summed E-state index contributed by atoms with van der Waals surface area (Å²) in [6.07, 6.45) is 2.50. The molecule has 6 nitrogen and oxygen atoms in total. The van der Waals surface area contributed by atoms with Crippen molar-refractivity contribution < 1.29 is 13.9 Å². The number of hydrogen-bond donors (Lipinski definition) is 1. The van der Waals surface area contributed by atoms with Crippen LogP contribution in [0.5, 0.6) is 5.75 Å². The number of rotatable bonds is 9. The predicted octanol–water partition coefficient (Wildman–Crippen LogP) is 4.64. The van der Waals surface area contributed by atoms with Gasteiger partial charge in [0.05, 0.1) is 12.9 Å². The summed E-state index contributed by atoms with van der Waals surface area (Å²) in [5, 5.41) is 11.8. The van der Waals surface area contributed by atoms with E-state index in [9.17, 15) is 4.79 Å². The van der Waals surface area contributed by atoms with Gasteiger partial charge in [-0.3, -0.25) is 4.79 Å². The molecule has 0 radical (unpaired) electrons. The number of benzene rings is 2. The summed E-state index contributed by atoms with van der Waals surface area (Å²) >= 11 is 7.04. The highest BCUT2D eigenvalue weighted by atomic mass is 35.5. The normalized spacial score (nSPS) is 10.6. The number of aryl methyl sites for hydroxylation is 2. The number of amides is 1. The van der Waals surface area contributed by atoms with Gasteiger partial charge in [-0.15, -0.1) is 10.2 Å². The molecule has 0 saturated heterocycles. The van der Waals surface area contributed by atoms with E-state index in [1.807, 2.05) is 24.3 Å². The lowest BCUT2D eigenvalue weighted by molar-refractivity contribution is -0.113. The summed E-state index contributed by atoms with van der Waals surface area (Å²) < 4.78 is 10.8. The molecule has 0 aliphatic carbocycles. The maximum atomic E-state index is 12.0. The average Bonchev–Trinajstić information content (AvgIpc) is 3.16. The van der Waals surface area contributed by atoms with E-state index >= 15 is 0 Å². The molecule has 0 aliphatic heterocycles. The smallest absolute Gasteiger partial charge is 0.277 e. The van der Waals surface area contributed by atoms with Crippen LogP contribution >= 0.6 is 23.4 Å². The van der Waals surface area contributed by atoms with Crippen LogP contribution in [0.15, 0.2) is 58.2 Å². The number of nitrogens with zero attached hydrogens (tertiary/aromatic N) is 2. The minimum atomic E-state index is -0.147. The van der Waals surface area contributed by atoms with Gasteiger partial charge in [-0.05, 0) is 54.8 Å². The summed E-state index contributed by atoms with van der Waals surface area (Å²) in [7, 11) is 1.65. The Morgan fingerprint density at radius 1 is 1.11 bits per heavy atom. The van der Waals surface area contributed by atoms with E-state index in [-0.39, 0.29) is 11.7 Å². The second kappa shape index (κ2) is 10.1. The van der Waals surface area contributed by atoms with Crippen LogP contribution in [-0.2, 0) is 17.6 Å². The zero-order valence-corrected chi connectivity index (χ0v) is 16.9. The molecule has 0 atom stereocenters. The van der Waals surface area contributed by atoms with E-state index in [4.69, 9.17) is 20.8 Å². The molecule has 0 bridgehead atoms. The first-order valence-electron chi connectivity index (χ1n) is 8.76. The first-order valence-corrected chi connectivity index (χ1v) is 10.1. The molecule has 1 heterocycles. The largest absolute Gasteiger partial charge is 0.497 e. The molecular weight excluding hydrogens is 398 g/mol. The Labute approximate surface area is 172 Å². The first kappa shape index (κ1) is 20.2. The van der Waals surface area contributed by atoms with Gasteiger partial charge >= 0.3 is 0 Å². The van der Waals surface area contributed by atoms with Crippen LogP contribution in [0.4, 0.5) is 5.69 Å². The van der Waals surface area contributed by atoms with Gasteiger partial charge in [0.1, 0.15) is 5.75 Å². The van der Waals surface area contributed by atoms with Gasteiger partial charge in [-0.1, -0.05) is 35.5 Å². The van der Waals surface area contributed by atoms with Crippen LogP contribution in [0.2, 0.25) is 5.02 Å². The molecular formula is C20H20ClN3O3S. The van der Waals surface area contributed by atoms with E-state index in [0.717, 1.165) is 18.6 Å². The molecule has 2 aromatic carbocycles. The van der Waals surface area contributed by atoms with Gasteiger partial charge in [0.15, 0.2) is 0 Å². The summed E-state index contributed by atoms with van der Waals surface area (Å²) in [5.41, 5.74) is 1.92. The van der Waals surface area contributed by atoms with Crippen molar-refractivity contribution in [3.8, 4) is 5.75 Å². The van der Waals surface area contributed by atoms with Crippen molar-refractivity contribution in [3.63, 3.8) is 0 Å². The lowest BCUT2D eigenvalue weighted by Gasteiger charge is -2.03.